The Balaban J connectivity index is 1.99. The van der Waals surface area contributed by atoms with Crippen molar-refractivity contribution in [2.24, 2.45) is 0 Å². The van der Waals surface area contributed by atoms with Crippen molar-refractivity contribution in [2.75, 3.05) is 6.61 Å². The largest absolute Gasteiger partial charge is 0.493 e. The lowest BCUT2D eigenvalue weighted by molar-refractivity contribution is -0.137. The minimum Gasteiger partial charge on any atom is -0.493 e. The molecule has 23 heavy (non-hydrogen) atoms. The smallest absolute Gasteiger partial charge is 0.303 e. The molecule has 0 unspecified atom stereocenters. The van der Waals surface area contributed by atoms with Gasteiger partial charge in [-0.25, -0.2) is 0 Å². The number of ketones is 1. The van der Waals surface area contributed by atoms with Gasteiger partial charge in [-0.1, -0.05) is 6.08 Å². The van der Waals surface area contributed by atoms with Crippen LogP contribution < -0.4 is 4.74 Å². The van der Waals surface area contributed by atoms with E-state index in [4.69, 9.17) is 9.84 Å². The zero-order valence-electron chi connectivity index (χ0n) is 13.5. The summed E-state index contributed by atoms with van der Waals surface area (Å²) < 4.78 is 5.89. The zero-order chi connectivity index (χ0) is 16.7. The third kappa shape index (κ3) is 4.68. The van der Waals surface area contributed by atoms with Crippen molar-refractivity contribution in [2.45, 2.75) is 51.4 Å². The number of aliphatic carboxylic acids is 1. The van der Waals surface area contributed by atoms with Gasteiger partial charge in [-0.2, -0.15) is 0 Å². The Labute approximate surface area is 137 Å². The number of ether oxygens (including phenoxy) is 1. The third-order valence-corrected chi connectivity index (χ3v) is 4.16. The molecule has 0 atom stereocenters. The van der Waals surface area contributed by atoms with Gasteiger partial charge in [-0.05, 0) is 56.2 Å². The van der Waals surface area contributed by atoms with Crippen molar-refractivity contribution in [3.05, 3.63) is 41.5 Å². The molecule has 1 aromatic carbocycles. The van der Waals surface area contributed by atoms with E-state index < -0.39 is 5.97 Å². The molecule has 0 heterocycles. The highest BCUT2D eigenvalue weighted by Crippen LogP contribution is 2.32. The van der Waals surface area contributed by atoms with Crippen LogP contribution in [0.2, 0.25) is 0 Å². The summed E-state index contributed by atoms with van der Waals surface area (Å²) in [5, 5.41) is 8.61. The van der Waals surface area contributed by atoms with Gasteiger partial charge in [0.05, 0.1) is 6.61 Å². The van der Waals surface area contributed by atoms with E-state index in [-0.39, 0.29) is 12.2 Å². The van der Waals surface area contributed by atoms with E-state index in [9.17, 15) is 9.59 Å². The summed E-state index contributed by atoms with van der Waals surface area (Å²) in [5.41, 5.74) is 3.03. The first-order valence-electron chi connectivity index (χ1n) is 8.27. The third-order valence-electron chi connectivity index (χ3n) is 4.16. The summed E-state index contributed by atoms with van der Waals surface area (Å²) in [6, 6.07) is 3.77. The van der Waals surface area contributed by atoms with Crippen LogP contribution in [0.3, 0.4) is 0 Å². The predicted octanol–water partition coefficient (Wildman–Crippen LogP) is 3.96. The lowest BCUT2D eigenvalue weighted by Crippen LogP contribution is -2.14. The molecule has 0 amide bonds. The fourth-order valence-corrected chi connectivity index (χ4v) is 3.02. The second-order valence-corrected chi connectivity index (χ2v) is 5.89. The molecule has 2 rings (SSSR count). The molecule has 1 N–H and O–H groups in total. The van der Waals surface area contributed by atoms with Gasteiger partial charge in [0.25, 0.3) is 0 Å². The number of fused-ring (bicyclic) bond motifs is 1. The van der Waals surface area contributed by atoms with Gasteiger partial charge in [-0.15, -0.1) is 6.58 Å². The summed E-state index contributed by atoms with van der Waals surface area (Å²) in [5.74, 6) is 0.298. The molecule has 4 nitrogen and oxygen atoms in total. The van der Waals surface area contributed by atoms with Gasteiger partial charge < -0.3 is 9.84 Å². The van der Waals surface area contributed by atoms with Crippen molar-refractivity contribution in [1.29, 1.82) is 0 Å². The molecule has 0 spiro atoms. The molecular weight excluding hydrogens is 292 g/mol. The SMILES string of the molecule is C=CCc1c(OCCCCCC(=O)O)ccc2c1CCCC2=O. The van der Waals surface area contributed by atoms with Crippen molar-refractivity contribution in [3.8, 4) is 5.75 Å². The van der Waals surface area contributed by atoms with Crippen molar-refractivity contribution in [1.82, 2.24) is 0 Å². The summed E-state index contributed by atoms with van der Waals surface area (Å²) in [7, 11) is 0. The number of hydrogen-bond acceptors (Lipinski definition) is 3. The molecule has 4 heteroatoms. The molecule has 0 saturated heterocycles. The number of benzene rings is 1. The van der Waals surface area contributed by atoms with Crippen molar-refractivity contribution in [3.63, 3.8) is 0 Å². The van der Waals surface area contributed by atoms with Crippen LogP contribution in [0.25, 0.3) is 0 Å². The van der Waals surface area contributed by atoms with Gasteiger partial charge in [0.2, 0.25) is 0 Å². The number of hydrogen-bond donors (Lipinski definition) is 1. The van der Waals surface area contributed by atoms with Crippen LogP contribution in [0.1, 0.15) is 60.0 Å². The Morgan fingerprint density at radius 2 is 2.09 bits per heavy atom. The number of rotatable bonds is 9. The van der Waals surface area contributed by atoms with Crippen LogP contribution >= 0.6 is 0 Å². The highest BCUT2D eigenvalue weighted by atomic mass is 16.5. The topological polar surface area (TPSA) is 63.6 Å². The monoisotopic (exact) mass is 316 g/mol. The lowest BCUT2D eigenvalue weighted by Gasteiger charge is -2.21. The number of carbonyl (C=O) groups is 2. The minimum atomic E-state index is -0.751. The highest BCUT2D eigenvalue weighted by molar-refractivity contribution is 5.99. The van der Waals surface area contributed by atoms with Crippen LogP contribution in [0, 0.1) is 0 Å². The number of Topliss-reactive ketones (excluding diaryl/α,β-unsaturated/α-hetero) is 1. The molecule has 0 radical (unpaired) electrons. The Morgan fingerprint density at radius 3 is 2.83 bits per heavy atom. The summed E-state index contributed by atoms with van der Waals surface area (Å²) in [6.45, 7) is 4.37. The first kappa shape index (κ1) is 17.3. The minimum absolute atomic E-state index is 0.211. The summed E-state index contributed by atoms with van der Waals surface area (Å²) >= 11 is 0. The summed E-state index contributed by atoms with van der Waals surface area (Å²) in [6.07, 6.45) is 7.54. The van der Waals surface area contributed by atoms with Crippen LogP contribution in [0.15, 0.2) is 24.8 Å². The van der Waals surface area contributed by atoms with Crippen molar-refractivity contribution >= 4 is 11.8 Å². The Kier molecular flexibility index (Phi) is 6.39. The van der Waals surface area contributed by atoms with E-state index >= 15 is 0 Å². The first-order chi connectivity index (χ1) is 11.1. The number of carbonyl (C=O) groups excluding carboxylic acids is 1. The van der Waals surface area contributed by atoms with E-state index in [1.54, 1.807) is 0 Å². The first-order valence-corrected chi connectivity index (χ1v) is 8.27. The van der Waals surface area contributed by atoms with E-state index in [1.165, 1.54) is 0 Å². The standard InChI is InChI=1S/C19H24O4/c1-2-7-16-14-8-6-9-17(20)15(14)11-12-18(16)23-13-5-3-4-10-19(21)22/h2,11-12H,1,3-10,13H2,(H,21,22). The molecule has 1 aromatic rings. The molecule has 0 fully saturated rings. The van der Waals surface area contributed by atoms with Crippen molar-refractivity contribution < 1.29 is 19.4 Å². The number of carboxylic acid groups (broad SMARTS) is 1. The average molecular weight is 316 g/mol. The lowest BCUT2D eigenvalue weighted by atomic mass is 9.86. The number of allylic oxidation sites excluding steroid dienone is 1. The van der Waals surface area contributed by atoms with E-state index in [1.807, 2.05) is 18.2 Å². The van der Waals surface area contributed by atoms with E-state index in [0.29, 0.717) is 25.9 Å². The summed E-state index contributed by atoms with van der Waals surface area (Å²) in [4.78, 5) is 22.5. The average Bonchev–Trinajstić information content (AvgIpc) is 2.52. The fourth-order valence-electron chi connectivity index (χ4n) is 3.02. The fraction of sp³-hybridized carbons (Fsp3) is 0.474. The molecule has 0 bridgehead atoms. The maximum Gasteiger partial charge on any atom is 0.303 e. The van der Waals surface area contributed by atoms with Crippen LogP contribution in [0.5, 0.6) is 5.75 Å². The van der Waals surface area contributed by atoms with Gasteiger partial charge in [0, 0.05) is 24.0 Å². The molecule has 0 saturated carbocycles. The Hall–Kier alpha value is -2.10. The van der Waals surface area contributed by atoms with Gasteiger partial charge >= 0.3 is 5.97 Å². The zero-order valence-corrected chi connectivity index (χ0v) is 13.5. The second kappa shape index (κ2) is 8.51. The van der Waals surface area contributed by atoms with Gasteiger partial charge in [-0.3, -0.25) is 9.59 Å². The number of unbranched alkanes of at least 4 members (excludes halogenated alkanes) is 2. The maximum absolute atomic E-state index is 12.0. The van der Waals surface area contributed by atoms with Crippen LogP contribution in [-0.4, -0.2) is 23.5 Å². The molecule has 0 aromatic heterocycles. The van der Waals surface area contributed by atoms with E-state index in [2.05, 4.69) is 6.58 Å². The molecule has 124 valence electrons. The Morgan fingerprint density at radius 1 is 1.26 bits per heavy atom. The quantitative estimate of drug-likeness (QED) is 0.553. The maximum atomic E-state index is 12.0. The normalized spacial score (nSPS) is 13.5. The van der Waals surface area contributed by atoms with E-state index in [0.717, 1.165) is 48.1 Å². The molecule has 0 aliphatic heterocycles. The highest BCUT2D eigenvalue weighted by Gasteiger charge is 2.21. The Bertz CT molecular complexity index is 589. The number of carboxylic acids is 1. The second-order valence-electron chi connectivity index (χ2n) is 5.89. The molecule has 1 aliphatic rings. The van der Waals surface area contributed by atoms with Crippen LogP contribution in [-0.2, 0) is 17.6 Å². The molecule has 1 aliphatic carbocycles. The van der Waals surface area contributed by atoms with Gasteiger partial charge in [0.15, 0.2) is 5.78 Å². The molecular formula is C19H24O4. The van der Waals surface area contributed by atoms with Crippen LogP contribution in [0.4, 0.5) is 0 Å². The predicted molar refractivity (Wildman–Crippen MR) is 89.2 cm³/mol. The van der Waals surface area contributed by atoms with Gasteiger partial charge in [0.1, 0.15) is 5.75 Å².